The SMILES string of the molecule is O=S(=O)(NC(c1ccccc1)c1ccncc1)c1ccc2c(c1)OCCO2. The standard InChI is InChI=1S/C20H18N2O4S/c23-27(24,17-6-7-18-19(14-17)26-13-12-25-18)22-20(15-4-2-1-3-5-15)16-8-10-21-11-9-16/h1-11,14,20,22H,12-13H2. The smallest absolute Gasteiger partial charge is 0.241 e. The van der Waals surface area contributed by atoms with Crippen LogP contribution in [0.4, 0.5) is 0 Å². The van der Waals surface area contributed by atoms with Crippen LogP contribution in [0.1, 0.15) is 17.2 Å². The van der Waals surface area contributed by atoms with Gasteiger partial charge in [0, 0.05) is 18.5 Å². The Kier molecular flexibility index (Phi) is 4.79. The van der Waals surface area contributed by atoms with E-state index in [1.54, 1.807) is 30.6 Å². The van der Waals surface area contributed by atoms with E-state index in [2.05, 4.69) is 9.71 Å². The molecule has 4 rings (SSSR count). The molecule has 0 spiro atoms. The van der Waals surface area contributed by atoms with Gasteiger partial charge in [0.15, 0.2) is 11.5 Å². The molecule has 2 aromatic carbocycles. The number of nitrogens with one attached hydrogen (secondary N) is 1. The molecule has 0 fully saturated rings. The maximum atomic E-state index is 13.1. The van der Waals surface area contributed by atoms with Crippen molar-refractivity contribution in [3.05, 3.63) is 84.2 Å². The molecule has 0 radical (unpaired) electrons. The first-order chi connectivity index (χ1) is 13.1. The molecular weight excluding hydrogens is 364 g/mol. The van der Waals surface area contributed by atoms with Crippen molar-refractivity contribution in [2.45, 2.75) is 10.9 Å². The normalized spacial score (nSPS) is 14.5. The van der Waals surface area contributed by atoms with Gasteiger partial charge in [-0.15, -0.1) is 0 Å². The Bertz CT molecular complexity index is 985. The molecule has 1 N–H and O–H groups in total. The van der Waals surface area contributed by atoms with Crippen molar-refractivity contribution in [3.63, 3.8) is 0 Å². The Labute approximate surface area is 157 Å². The summed E-state index contributed by atoms with van der Waals surface area (Å²) in [6.45, 7) is 0.850. The average Bonchev–Trinajstić information content (AvgIpc) is 2.73. The lowest BCUT2D eigenvalue weighted by Crippen LogP contribution is -2.29. The maximum Gasteiger partial charge on any atom is 0.241 e. The van der Waals surface area contributed by atoms with E-state index in [0.717, 1.165) is 11.1 Å². The third-order valence-electron chi connectivity index (χ3n) is 4.27. The molecule has 6 nitrogen and oxygen atoms in total. The number of ether oxygens (including phenoxy) is 2. The highest BCUT2D eigenvalue weighted by molar-refractivity contribution is 7.89. The number of hydrogen-bond acceptors (Lipinski definition) is 5. The van der Waals surface area contributed by atoms with Crippen molar-refractivity contribution in [2.75, 3.05) is 13.2 Å². The van der Waals surface area contributed by atoms with Crippen molar-refractivity contribution in [1.29, 1.82) is 0 Å². The Balaban J connectivity index is 1.70. The molecular formula is C20H18N2O4S. The number of rotatable bonds is 5. The lowest BCUT2D eigenvalue weighted by Gasteiger charge is -2.21. The molecule has 7 heteroatoms. The molecule has 0 amide bonds. The summed E-state index contributed by atoms with van der Waals surface area (Å²) in [6, 6.07) is 17.1. The van der Waals surface area contributed by atoms with E-state index in [4.69, 9.17) is 9.47 Å². The summed E-state index contributed by atoms with van der Waals surface area (Å²) in [5.74, 6) is 0.984. The number of aromatic nitrogens is 1. The predicted octanol–water partition coefficient (Wildman–Crippen LogP) is 2.92. The van der Waals surface area contributed by atoms with E-state index in [0.29, 0.717) is 24.7 Å². The lowest BCUT2D eigenvalue weighted by molar-refractivity contribution is 0.171. The third kappa shape index (κ3) is 3.79. The molecule has 2 heterocycles. The number of fused-ring (bicyclic) bond motifs is 1. The van der Waals surface area contributed by atoms with E-state index < -0.39 is 16.1 Å². The van der Waals surface area contributed by atoms with Gasteiger partial charge in [-0.2, -0.15) is 4.72 Å². The van der Waals surface area contributed by atoms with E-state index in [-0.39, 0.29) is 4.90 Å². The van der Waals surface area contributed by atoms with Gasteiger partial charge in [0.25, 0.3) is 0 Å². The summed E-state index contributed by atoms with van der Waals surface area (Å²) in [6.07, 6.45) is 3.29. The van der Waals surface area contributed by atoms with Crippen molar-refractivity contribution >= 4 is 10.0 Å². The highest BCUT2D eigenvalue weighted by atomic mass is 32.2. The summed E-state index contributed by atoms with van der Waals surface area (Å²) in [7, 11) is -3.80. The van der Waals surface area contributed by atoms with E-state index in [1.165, 1.54) is 12.1 Å². The van der Waals surface area contributed by atoms with Crippen LogP contribution in [-0.2, 0) is 10.0 Å². The topological polar surface area (TPSA) is 77.5 Å². The van der Waals surface area contributed by atoms with Crippen molar-refractivity contribution in [1.82, 2.24) is 9.71 Å². The van der Waals surface area contributed by atoms with Crippen LogP contribution in [0, 0.1) is 0 Å². The van der Waals surface area contributed by atoms with E-state index >= 15 is 0 Å². The minimum atomic E-state index is -3.80. The number of benzene rings is 2. The van der Waals surface area contributed by atoms with Crippen molar-refractivity contribution < 1.29 is 17.9 Å². The third-order valence-corrected chi connectivity index (χ3v) is 5.69. The molecule has 27 heavy (non-hydrogen) atoms. The fraction of sp³-hybridized carbons (Fsp3) is 0.150. The first-order valence-electron chi connectivity index (χ1n) is 8.50. The number of sulfonamides is 1. The average molecular weight is 382 g/mol. The zero-order valence-electron chi connectivity index (χ0n) is 14.4. The van der Waals surface area contributed by atoms with Gasteiger partial charge in [0.2, 0.25) is 10.0 Å². The Morgan fingerprint density at radius 1 is 0.852 bits per heavy atom. The minimum Gasteiger partial charge on any atom is -0.486 e. The van der Waals surface area contributed by atoms with E-state index in [1.807, 2.05) is 30.3 Å². The summed E-state index contributed by atoms with van der Waals surface area (Å²) in [4.78, 5) is 4.14. The zero-order valence-corrected chi connectivity index (χ0v) is 15.2. The second-order valence-corrected chi connectivity index (χ2v) is 7.76. The summed E-state index contributed by atoms with van der Waals surface area (Å²) in [5.41, 5.74) is 1.64. The first-order valence-corrected chi connectivity index (χ1v) is 9.99. The summed E-state index contributed by atoms with van der Waals surface area (Å²) >= 11 is 0. The van der Waals surface area contributed by atoms with E-state index in [9.17, 15) is 8.42 Å². The molecule has 1 aliphatic rings. The molecule has 138 valence electrons. The highest BCUT2D eigenvalue weighted by Crippen LogP contribution is 2.33. The molecule has 1 unspecified atom stereocenters. The van der Waals surface area contributed by atoms with Gasteiger partial charge in [-0.3, -0.25) is 4.98 Å². The Morgan fingerprint density at radius 3 is 2.26 bits per heavy atom. The van der Waals surface area contributed by atoms with Crippen LogP contribution in [0.3, 0.4) is 0 Å². The van der Waals surface area contributed by atoms with Crippen molar-refractivity contribution in [3.8, 4) is 11.5 Å². The lowest BCUT2D eigenvalue weighted by atomic mass is 10.0. The second-order valence-electron chi connectivity index (χ2n) is 6.05. The summed E-state index contributed by atoms with van der Waals surface area (Å²) < 4.78 is 39.9. The van der Waals surface area contributed by atoms with Gasteiger partial charge in [-0.25, -0.2) is 8.42 Å². The molecule has 0 saturated heterocycles. The van der Waals surface area contributed by atoms with Crippen LogP contribution in [0.25, 0.3) is 0 Å². The number of pyridine rings is 1. The minimum absolute atomic E-state index is 0.127. The molecule has 0 aliphatic carbocycles. The van der Waals surface area contributed by atoms with Crippen LogP contribution < -0.4 is 14.2 Å². The second kappa shape index (κ2) is 7.38. The van der Waals surface area contributed by atoms with Gasteiger partial charge >= 0.3 is 0 Å². The van der Waals surface area contributed by atoms with Crippen LogP contribution in [0.5, 0.6) is 11.5 Å². The molecule has 1 aromatic heterocycles. The molecule has 0 saturated carbocycles. The fourth-order valence-electron chi connectivity index (χ4n) is 2.94. The van der Waals surface area contributed by atoms with Gasteiger partial charge in [0.05, 0.1) is 10.9 Å². The van der Waals surface area contributed by atoms with Crippen LogP contribution in [0.2, 0.25) is 0 Å². The zero-order chi connectivity index (χ0) is 18.7. The van der Waals surface area contributed by atoms with Gasteiger partial charge < -0.3 is 9.47 Å². The fourth-order valence-corrected chi connectivity index (χ4v) is 4.17. The van der Waals surface area contributed by atoms with Gasteiger partial charge in [0.1, 0.15) is 13.2 Å². The highest BCUT2D eigenvalue weighted by Gasteiger charge is 2.24. The Hall–Kier alpha value is -2.90. The number of hydrogen-bond donors (Lipinski definition) is 1. The molecule has 3 aromatic rings. The predicted molar refractivity (Wildman–Crippen MR) is 100 cm³/mol. The maximum absolute atomic E-state index is 13.1. The van der Waals surface area contributed by atoms with Crippen molar-refractivity contribution in [2.24, 2.45) is 0 Å². The monoisotopic (exact) mass is 382 g/mol. The first kappa shape index (κ1) is 17.5. The van der Waals surface area contributed by atoms with Crippen LogP contribution in [-0.4, -0.2) is 26.6 Å². The number of nitrogens with zero attached hydrogens (tertiary/aromatic N) is 1. The molecule has 0 bridgehead atoms. The van der Waals surface area contributed by atoms with Crippen LogP contribution >= 0.6 is 0 Å². The van der Waals surface area contributed by atoms with Gasteiger partial charge in [-0.1, -0.05) is 30.3 Å². The Morgan fingerprint density at radius 2 is 1.52 bits per heavy atom. The molecule has 1 atom stereocenters. The summed E-state index contributed by atoms with van der Waals surface area (Å²) in [5, 5.41) is 0. The van der Waals surface area contributed by atoms with Crippen LogP contribution in [0.15, 0.2) is 78.0 Å². The largest absolute Gasteiger partial charge is 0.486 e. The van der Waals surface area contributed by atoms with Gasteiger partial charge in [-0.05, 0) is 35.4 Å². The molecule has 1 aliphatic heterocycles. The quantitative estimate of drug-likeness (QED) is 0.734.